The molecule has 0 N–H and O–H groups in total. The van der Waals surface area contributed by atoms with E-state index in [0.29, 0.717) is 12.7 Å². The molecule has 1 aliphatic rings. The van der Waals surface area contributed by atoms with Crippen molar-refractivity contribution in [3.8, 4) is 0 Å². The zero-order valence-electron chi connectivity index (χ0n) is 10.4. The molecular formula is C15H20O2. The summed E-state index contributed by atoms with van der Waals surface area (Å²) in [6.07, 6.45) is 5.46. The quantitative estimate of drug-likeness (QED) is 0.745. The average molecular weight is 232 g/mol. The molecule has 1 aliphatic carbocycles. The van der Waals surface area contributed by atoms with Crippen molar-refractivity contribution in [1.29, 1.82) is 0 Å². The number of hydrogen-bond acceptors (Lipinski definition) is 2. The second-order valence-electron chi connectivity index (χ2n) is 4.97. The number of ether oxygens (including phenoxy) is 1. The first-order valence-corrected chi connectivity index (χ1v) is 6.40. The molecule has 0 atom stereocenters. The second-order valence-corrected chi connectivity index (χ2v) is 4.97. The Labute approximate surface area is 103 Å². The molecule has 0 heterocycles. The van der Waals surface area contributed by atoms with Gasteiger partial charge in [0.1, 0.15) is 6.29 Å². The first-order valence-electron chi connectivity index (χ1n) is 6.40. The van der Waals surface area contributed by atoms with Crippen molar-refractivity contribution < 1.29 is 9.53 Å². The van der Waals surface area contributed by atoms with Gasteiger partial charge in [-0.15, -0.1) is 0 Å². The summed E-state index contributed by atoms with van der Waals surface area (Å²) in [5, 5.41) is 0. The van der Waals surface area contributed by atoms with E-state index in [1.165, 1.54) is 11.1 Å². The fourth-order valence-electron chi connectivity index (χ4n) is 2.29. The normalized spacial score (nSPS) is 24.5. The standard InChI is InChI=1S/C15H20O2/c1-12-2-4-14(5-3-12)11-17-15-8-6-13(10-16)7-9-15/h2-5,10,13,15H,6-9,11H2,1H3. The maximum Gasteiger partial charge on any atom is 0.123 e. The predicted molar refractivity (Wildman–Crippen MR) is 67.8 cm³/mol. The molecular weight excluding hydrogens is 212 g/mol. The molecule has 0 aromatic heterocycles. The smallest absolute Gasteiger partial charge is 0.123 e. The second kappa shape index (κ2) is 5.97. The maximum absolute atomic E-state index is 10.6. The summed E-state index contributed by atoms with van der Waals surface area (Å²) in [5.41, 5.74) is 2.51. The number of rotatable bonds is 4. The first-order chi connectivity index (χ1) is 8.28. The highest BCUT2D eigenvalue weighted by Gasteiger charge is 2.20. The van der Waals surface area contributed by atoms with Crippen molar-refractivity contribution in [3.63, 3.8) is 0 Å². The van der Waals surface area contributed by atoms with Crippen LogP contribution >= 0.6 is 0 Å². The van der Waals surface area contributed by atoms with E-state index in [9.17, 15) is 4.79 Å². The van der Waals surface area contributed by atoms with Gasteiger partial charge in [-0.05, 0) is 38.2 Å². The number of aldehydes is 1. The summed E-state index contributed by atoms with van der Waals surface area (Å²) in [5.74, 6) is 0.272. The number of benzene rings is 1. The Morgan fingerprint density at radius 1 is 1.18 bits per heavy atom. The topological polar surface area (TPSA) is 26.3 Å². The molecule has 2 heteroatoms. The van der Waals surface area contributed by atoms with E-state index < -0.39 is 0 Å². The van der Waals surface area contributed by atoms with Crippen LogP contribution in [0, 0.1) is 12.8 Å². The molecule has 1 aromatic rings. The van der Waals surface area contributed by atoms with Crippen LogP contribution in [0.2, 0.25) is 0 Å². The van der Waals surface area contributed by atoms with Gasteiger partial charge in [-0.25, -0.2) is 0 Å². The number of carbonyl (C=O) groups is 1. The lowest BCUT2D eigenvalue weighted by molar-refractivity contribution is -0.113. The zero-order chi connectivity index (χ0) is 12.1. The lowest BCUT2D eigenvalue weighted by atomic mass is 9.88. The Kier molecular flexibility index (Phi) is 4.32. The van der Waals surface area contributed by atoms with Crippen molar-refractivity contribution in [2.45, 2.75) is 45.3 Å². The first kappa shape index (κ1) is 12.3. The third-order valence-corrected chi connectivity index (χ3v) is 3.52. The molecule has 92 valence electrons. The Balaban J connectivity index is 1.75. The molecule has 0 unspecified atom stereocenters. The van der Waals surface area contributed by atoms with Gasteiger partial charge in [0, 0.05) is 5.92 Å². The highest BCUT2D eigenvalue weighted by atomic mass is 16.5. The van der Waals surface area contributed by atoms with Crippen LogP contribution in [0.4, 0.5) is 0 Å². The molecule has 1 aromatic carbocycles. The van der Waals surface area contributed by atoms with Crippen LogP contribution in [0.25, 0.3) is 0 Å². The zero-order valence-corrected chi connectivity index (χ0v) is 10.4. The molecule has 17 heavy (non-hydrogen) atoms. The van der Waals surface area contributed by atoms with Crippen molar-refractivity contribution in [2.75, 3.05) is 0 Å². The molecule has 1 fully saturated rings. The molecule has 2 rings (SSSR count). The van der Waals surface area contributed by atoms with Crippen molar-refractivity contribution in [1.82, 2.24) is 0 Å². The van der Waals surface area contributed by atoms with Crippen LogP contribution in [0.5, 0.6) is 0 Å². The van der Waals surface area contributed by atoms with E-state index >= 15 is 0 Å². The number of carbonyl (C=O) groups excluding carboxylic acids is 1. The van der Waals surface area contributed by atoms with Gasteiger partial charge in [-0.1, -0.05) is 29.8 Å². The van der Waals surface area contributed by atoms with Gasteiger partial charge in [-0.3, -0.25) is 0 Å². The fraction of sp³-hybridized carbons (Fsp3) is 0.533. The molecule has 0 bridgehead atoms. The summed E-state index contributed by atoms with van der Waals surface area (Å²) < 4.78 is 5.89. The van der Waals surface area contributed by atoms with E-state index in [1.807, 2.05) is 0 Å². The lowest BCUT2D eigenvalue weighted by Crippen LogP contribution is -2.22. The SMILES string of the molecule is Cc1ccc(COC2CCC(C=O)CC2)cc1. The Hall–Kier alpha value is -1.15. The molecule has 0 saturated heterocycles. The van der Waals surface area contributed by atoms with Crippen molar-refractivity contribution in [2.24, 2.45) is 5.92 Å². The van der Waals surface area contributed by atoms with E-state index in [1.54, 1.807) is 0 Å². The van der Waals surface area contributed by atoms with Gasteiger partial charge in [0.2, 0.25) is 0 Å². The van der Waals surface area contributed by atoms with Gasteiger partial charge in [-0.2, -0.15) is 0 Å². The van der Waals surface area contributed by atoms with E-state index in [0.717, 1.165) is 32.0 Å². The minimum Gasteiger partial charge on any atom is -0.374 e. The molecule has 0 radical (unpaired) electrons. The molecule has 0 amide bonds. The fourth-order valence-corrected chi connectivity index (χ4v) is 2.29. The summed E-state index contributed by atoms with van der Waals surface area (Å²) in [6.45, 7) is 2.78. The Morgan fingerprint density at radius 2 is 1.82 bits per heavy atom. The summed E-state index contributed by atoms with van der Waals surface area (Å²) in [7, 11) is 0. The lowest BCUT2D eigenvalue weighted by Gasteiger charge is -2.25. The predicted octanol–water partition coefficient (Wildman–Crippen LogP) is 3.27. The van der Waals surface area contributed by atoms with E-state index in [2.05, 4.69) is 31.2 Å². The minimum atomic E-state index is 0.272. The maximum atomic E-state index is 10.6. The van der Waals surface area contributed by atoms with Crippen LogP contribution in [-0.2, 0) is 16.1 Å². The van der Waals surface area contributed by atoms with Gasteiger partial charge < -0.3 is 9.53 Å². The number of hydrogen-bond donors (Lipinski definition) is 0. The third kappa shape index (κ3) is 3.67. The van der Waals surface area contributed by atoms with Gasteiger partial charge >= 0.3 is 0 Å². The minimum absolute atomic E-state index is 0.272. The monoisotopic (exact) mass is 232 g/mol. The summed E-state index contributed by atoms with van der Waals surface area (Å²) >= 11 is 0. The van der Waals surface area contributed by atoms with Crippen molar-refractivity contribution >= 4 is 6.29 Å². The van der Waals surface area contributed by atoms with E-state index in [4.69, 9.17) is 4.74 Å². The van der Waals surface area contributed by atoms with Crippen LogP contribution in [0.15, 0.2) is 24.3 Å². The summed E-state index contributed by atoms with van der Waals surface area (Å²) in [6, 6.07) is 8.46. The third-order valence-electron chi connectivity index (χ3n) is 3.52. The Morgan fingerprint density at radius 3 is 2.41 bits per heavy atom. The molecule has 0 aliphatic heterocycles. The molecule has 2 nitrogen and oxygen atoms in total. The van der Waals surface area contributed by atoms with Crippen LogP contribution in [0.3, 0.4) is 0 Å². The van der Waals surface area contributed by atoms with Gasteiger partial charge in [0.15, 0.2) is 0 Å². The molecule has 0 spiro atoms. The van der Waals surface area contributed by atoms with Crippen LogP contribution < -0.4 is 0 Å². The van der Waals surface area contributed by atoms with Crippen LogP contribution in [-0.4, -0.2) is 12.4 Å². The van der Waals surface area contributed by atoms with Crippen LogP contribution in [0.1, 0.15) is 36.8 Å². The van der Waals surface area contributed by atoms with E-state index in [-0.39, 0.29) is 5.92 Å². The average Bonchev–Trinajstić information content (AvgIpc) is 2.39. The Bertz CT molecular complexity index is 348. The van der Waals surface area contributed by atoms with Crippen molar-refractivity contribution in [3.05, 3.63) is 35.4 Å². The highest BCUT2D eigenvalue weighted by Crippen LogP contribution is 2.25. The summed E-state index contributed by atoms with van der Waals surface area (Å²) in [4.78, 5) is 10.6. The van der Waals surface area contributed by atoms with Gasteiger partial charge in [0.05, 0.1) is 12.7 Å². The molecule has 1 saturated carbocycles. The number of aryl methyl sites for hydroxylation is 1. The largest absolute Gasteiger partial charge is 0.374 e. The van der Waals surface area contributed by atoms with Gasteiger partial charge in [0.25, 0.3) is 0 Å². The highest BCUT2D eigenvalue weighted by molar-refractivity contribution is 5.53.